The highest BCUT2D eigenvalue weighted by molar-refractivity contribution is 5.06. The average Bonchev–Trinajstić information content (AvgIpc) is 3.36. The van der Waals surface area contributed by atoms with E-state index < -0.39 is 11.6 Å². The van der Waals surface area contributed by atoms with Crippen LogP contribution >= 0.6 is 0 Å². The second-order valence-electron chi connectivity index (χ2n) is 5.73. The number of rotatable bonds is 17. The summed E-state index contributed by atoms with van der Waals surface area (Å²) in [5, 5.41) is 18.6. The quantitative estimate of drug-likeness (QED) is 0.207. The molecular formula is C16H25FN6O6. The first-order chi connectivity index (χ1) is 14.2. The molecule has 0 aromatic carbocycles. The zero-order valence-corrected chi connectivity index (χ0v) is 16.0. The second kappa shape index (κ2) is 13.7. The van der Waals surface area contributed by atoms with Crippen LogP contribution in [0.5, 0.6) is 0 Å². The van der Waals surface area contributed by atoms with Crippen LogP contribution in [0.2, 0.25) is 0 Å². The van der Waals surface area contributed by atoms with Gasteiger partial charge < -0.3 is 29.1 Å². The molecule has 0 atom stereocenters. The Labute approximate surface area is 166 Å². The summed E-state index contributed by atoms with van der Waals surface area (Å²) in [5.41, 5.74) is 0.643. The number of hydrogen-bond donors (Lipinski definition) is 0. The average molecular weight is 416 g/mol. The minimum Gasteiger partial charge on any atom is -0.390 e. The van der Waals surface area contributed by atoms with Gasteiger partial charge in [-0.1, -0.05) is 10.2 Å². The van der Waals surface area contributed by atoms with Crippen molar-refractivity contribution in [3.8, 4) is 0 Å². The highest BCUT2D eigenvalue weighted by atomic mass is 19.1. The third-order valence-corrected chi connectivity index (χ3v) is 3.60. The van der Waals surface area contributed by atoms with Gasteiger partial charge in [0.2, 0.25) is 0 Å². The summed E-state index contributed by atoms with van der Waals surface area (Å²) in [6.07, 6.45) is 4.65. The Morgan fingerprint density at radius 2 is 1.69 bits per heavy atom. The van der Waals surface area contributed by atoms with Gasteiger partial charge in [-0.15, -0.1) is 5.10 Å². The number of hydrogen-bond acceptors (Lipinski definition) is 9. The van der Waals surface area contributed by atoms with Crippen LogP contribution in [0.3, 0.4) is 0 Å². The molecule has 29 heavy (non-hydrogen) atoms. The van der Waals surface area contributed by atoms with Crippen molar-refractivity contribution >= 4 is 5.95 Å². The standard InChI is InChI=1S/C16H25FN6O6/c17-1-6-29-14-15-13-22(20-19-15)5-8-27-10-12-28-11-9-26-7-4-21-3-2-18-16(21)23(24)25/h2-3,13H,1,4-12,14H2. The first kappa shape index (κ1) is 22.8. The molecule has 0 bridgehead atoms. The van der Waals surface area contributed by atoms with Crippen molar-refractivity contribution in [1.29, 1.82) is 0 Å². The topological polar surface area (TPSA) is 129 Å². The van der Waals surface area contributed by atoms with Crippen molar-refractivity contribution in [3.63, 3.8) is 0 Å². The van der Waals surface area contributed by atoms with Crippen LogP contribution in [-0.2, 0) is 38.6 Å². The van der Waals surface area contributed by atoms with E-state index in [2.05, 4.69) is 15.3 Å². The van der Waals surface area contributed by atoms with Crippen molar-refractivity contribution in [1.82, 2.24) is 24.5 Å². The predicted molar refractivity (Wildman–Crippen MR) is 97.0 cm³/mol. The molecule has 162 valence electrons. The van der Waals surface area contributed by atoms with Crippen LogP contribution in [0.25, 0.3) is 0 Å². The minimum absolute atomic E-state index is 0.0498. The number of alkyl halides is 1. The molecule has 2 rings (SSSR count). The van der Waals surface area contributed by atoms with Gasteiger partial charge >= 0.3 is 5.95 Å². The molecule has 0 aliphatic rings. The van der Waals surface area contributed by atoms with Gasteiger partial charge in [0.25, 0.3) is 0 Å². The van der Waals surface area contributed by atoms with E-state index in [0.717, 1.165) is 0 Å². The SMILES string of the molecule is O=[N+]([O-])c1nccn1CCOCCOCCOCCn1cc(COCCF)nn1. The lowest BCUT2D eigenvalue weighted by molar-refractivity contribution is -0.396. The maximum absolute atomic E-state index is 11.9. The normalized spacial score (nSPS) is 11.2. The molecule has 0 radical (unpaired) electrons. The van der Waals surface area contributed by atoms with Gasteiger partial charge in [0.15, 0.2) is 0 Å². The Bertz CT molecular complexity index is 712. The maximum atomic E-state index is 11.9. The van der Waals surface area contributed by atoms with E-state index in [4.69, 9.17) is 18.9 Å². The Hall–Kier alpha value is -2.48. The van der Waals surface area contributed by atoms with Crippen molar-refractivity contribution in [2.75, 3.05) is 52.9 Å². The predicted octanol–water partition coefficient (Wildman–Crippen LogP) is 0.619. The molecular weight excluding hydrogens is 391 g/mol. The third kappa shape index (κ3) is 9.04. The molecule has 0 amide bonds. The van der Waals surface area contributed by atoms with Crippen molar-refractivity contribution in [3.05, 3.63) is 34.4 Å². The first-order valence-corrected chi connectivity index (χ1v) is 9.12. The number of ether oxygens (including phenoxy) is 4. The van der Waals surface area contributed by atoms with Gasteiger partial charge in [0.1, 0.15) is 24.8 Å². The van der Waals surface area contributed by atoms with Gasteiger partial charge in [-0.25, -0.2) is 13.6 Å². The first-order valence-electron chi connectivity index (χ1n) is 9.12. The fourth-order valence-corrected chi connectivity index (χ4v) is 2.26. The fraction of sp³-hybridized carbons (Fsp3) is 0.688. The van der Waals surface area contributed by atoms with E-state index in [-0.39, 0.29) is 19.2 Å². The van der Waals surface area contributed by atoms with Crippen LogP contribution in [0.15, 0.2) is 18.6 Å². The van der Waals surface area contributed by atoms with Crippen molar-refractivity contribution in [2.24, 2.45) is 0 Å². The van der Waals surface area contributed by atoms with Crippen LogP contribution in [0, 0.1) is 10.1 Å². The van der Waals surface area contributed by atoms with Gasteiger partial charge in [-0.3, -0.25) is 0 Å². The van der Waals surface area contributed by atoms with E-state index in [1.54, 1.807) is 10.9 Å². The van der Waals surface area contributed by atoms with Gasteiger partial charge in [-0.05, 0) is 4.92 Å². The van der Waals surface area contributed by atoms with Crippen LogP contribution < -0.4 is 0 Å². The largest absolute Gasteiger partial charge is 0.434 e. The summed E-state index contributed by atoms with van der Waals surface area (Å²) < 4.78 is 36.2. The van der Waals surface area contributed by atoms with E-state index in [1.165, 1.54) is 17.0 Å². The molecule has 2 heterocycles. The molecule has 0 spiro atoms. The number of aromatic nitrogens is 5. The van der Waals surface area contributed by atoms with Crippen molar-refractivity contribution < 1.29 is 28.3 Å². The van der Waals surface area contributed by atoms with Crippen LogP contribution in [-0.4, -0.2) is 82.4 Å². The third-order valence-electron chi connectivity index (χ3n) is 3.60. The summed E-state index contributed by atoms with van der Waals surface area (Å²) in [6, 6.07) is 0. The Kier molecular flexibility index (Phi) is 10.7. The summed E-state index contributed by atoms with van der Waals surface area (Å²) in [4.78, 5) is 13.8. The van der Waals surface area contributed by atoms with E-state index in [1.807, 2.05) is 0 Å². The zero-order chi connectivity index (χ0) is 20.7. The molecule has 0 unspecified atom stereocenters. The summed E-state index contributed by atoms with van der Waals surface area (Å²) in [7, 11) is 0. The summed E-state index contributed by atoms with van der Waals surface area (Å²) in [6.45, 7) is 3.09. The molecule has 0 fully saturated rings. The Balaban J connectivity index is 1.40. The monoisotopic (exact) mass is 416 g/mol. The molecule has 0 saturated heterocycles. The molecule has 0 N–H and O–H groups in total. The van der Waals surface area contributed by atoms with Crippen molar-refractivity contribution in [2.45, 2.75) is 19.7 Å². The van der Waals surface area contributed by atoms with Gasteiger partial charge in [-0.2, -0.15) is 0 Å². The van der Waals surface area contributed by atoms with Crippen LogP contribution in [0.1, 0.15) is 5.69 Å². The highest BCUT2D eigenvalue weighted by Crippen LogP contribution is 2.06. The lowest BCUT2D eigenvalue weighted by Crippen LogP contribution is -2.14. The zero-order valence-electron chi connectivity index (χ0n) is 16.0. The molecule has 13 heteroatoms. The number of nitrogens with zero attached hydrogens (tertiary/aromatic N) is 6. The maximum Gasteiger partial charge on any atom is 0.434 e. The minimum atomic E-state index is -0.533. The van der Waals surface area contributed by atoms with Crippen LogP contribution in [0.4, 0.5) is 10.3 Å². The lowest BCUT2D eigenvalue weighted by Gasteiger charge is -2.07. The highest BCUT2D eigenvalue weighted by Gasteiger charge is 2.12. The smallest absolute Gasteiger partial charge is 0.390 e. The number of imidazole rings is 1. The molecule has 2 aromatic heterocycles. The summed E-state index contributed by atoms with van der Waals surface area (Å²) in [5.74, 6) is -0.200. The van der Waals surface area contributed by atoms with E-state index in [0.29, 0.717) is 58.4 Å². The lowest BCUT2D eigenvalue weighted by atomic mass is 10.5. The molecule has 2 aromatic rings. The molecule has 0 saturated carbocycles. The van der Waals surface area contributed by atoms with Gasteiger partial charge in [0.05, 0.1) is 72.1 Å². The number of halogens is 1. The van der Waals surface area contributed by atoms with Gasteiger partial charge in [0, 0.05) is 0 Å². The fourth-order valence-electron chi connectivity index (χ4n) is 2.26. The van der Waals surface area contributed by atoms with E-state index in [9.17, 15) is 14.5 Å². The Morgan fingerprint density at radius 1 is 1.00 bits per heavy atom. The Morgan fingerprint density at radius 3 is 2.38 bits per heavy atom. The summed E-state index contributed by atoms with van der Waals surface area (Å²) >= 11 is 0. The number of nitro groups is 1. The molecule has 0 aliphatic heterocycles. The molecule has 0 aliphatic carbocycles. The second-order valence-corrected chi connectivity index (χ2v) is 5.73. The molecule has 12 nitrogen and oxygen atoms in total. The van der Waals surface area contributed by atoms with E-state index >= 15 is 0 Å².